The van der Waals surface area contributed by atoms with Crippen LogP contribution in [0.1, 0.15) is 27.2 Å². The van der Waals surface area contributed by atoms with E-state index < -0.39 is 0 Å². The van der Waals surface area contributed by atoms with Crippen molar-refractivity contribution in [3.63, 3.8) is 0 Å². The van der Waals surface area contributed by atoms with Crippen molar-refractivity contribution in [2.75, 3.05) is 20.3 Å². The van der Waals surface area contributed by atoms with Gasteiger partial charge in [-0.1, -0.05) is 6.92 Å². The molecule has 1 N–H and O–H groups in total. The maximum atomic E-state index is 9.42. The zero-order valence-electron chi connectivity index (χ0n) is 10.7. The molecule has 16 heavy (non-hydrogen) atoms. The molecule has 1 aliphatic rings. The van der Waals surface area contributed by atoms with Gasteiger partial charge in [0.15, 0.2) is 0 Å². The van der Waals surface area contributed by atoms with Gasteiger partial charge < -0.3 is 19.3 Å². The van der Waals surface area contributed by atoms with Gasteiger partial charge in [-0.05, 0) is 20.3 Å². The molecule has 0 aromatic rings. The lowest BCUT2D eigenvalue weighted by atomic mass is 9.88. The lowest BCUT2D eigenvalue weighted by Crippen LogP contribution is -2.55. The van der Waals surface area contributed by atoms with Crippen molar-refractivity contribution >= 4 is 0 Å². The number of ether oxygens (including phenoxy) is 3. The highest BCUT2D eigenvalue weighted by Gasteiger charge is 2.42. The fourth-order valence-electron chi connectivity index (χ4n) is 2.35. The van der Waals surface area contributed by atoms with E-state index in [1.807, 2.05) is 13.8 Å². The van der Waals surface area contributed by atoms with Crippen LogP contribution in [0.4, 0.5) is 0 Å². The highest BCUT2D eigenvalue weighted by Crippen LogP contribution is 2.29. The second kappa shape index (κ2) is 6.55. The second-order valence-corrected chi connectivity index (χ2v) is 4.43. The lowest BCUT2D eigenvalue weighted by molar-refractivity contribution is -0.219. The summed E-state index contributed by atoms with van der Waals surface area (Å²) in [6.45, 7) is 6.80. The predicted octanol–water partition coefficient (Wildman–Crippen LogP) is 1.21. The molecule has 0 radical (unpaired) electrons. The molecule has 4 heteroatoms. The molecule has 1 fully saturated rings. The summed E-state index contributed by atoms with van der Waals surface area (Å²) >= 11 is 0. The number of aliphatic hydroxyl groups excluding tert-OH is 1. The van der Waals surface area contributed by atoms with Crippen LogP contribution in [0.5, 0.6) is 0 Å². The molecular formula is C12H24O4. The Balaban J connectivity index is 2.72. The SMILES string of the molecule is CCCO[C@H]1[C@@H](CO)[C@H](C)O[C@@H](C)[C@@H]1OC. The van der Waals surface area contributed by atoms with E-state index in [-0.39, 0.29) is 36.9 Å². The minimum Gasteiger partial charge on any atom is -0.396 e. The van der Waals surface area contributed by atoms with Crippen LogP contribution in [0.15, 0.2) is 0 Å². The number of aliphatic hydroxyl groups is 1. The van der Waals surface area contributed by atoms with Crippen molar-refractivity contribution in [1.29, 1.82) is 0 Å². The summed E-state index contributed by atoms with van der Waals surface area (Å²) in [5, 5.41) is 9.42. The van der Waals surface area contributed by atoms with Crippen molar-refractivity contribution < 1.29 is 19.3 Å². The van der Waals surface area contributed by atoms with Crippen LogP contribution < -0.4 is 0 Å². The summed E-state index contributed by atoms with van der Waals surface area (Å²) < 4.78 is 17.0. The van der Waals surface area contributed by atoms with Crippen LogP contribution >= 0.6 is 0 Å². The summed E-state index contributed by atoms with van der Waals surface area (Å²) in [5.74, 6) is -0.00676. The molecule has 1 aliphatic heterocycles. The van der Waals surface area contributed by atoms with E-state index in [1.54, 1.807) is 7.11 Å². The zero-order valence-corrected chi connectivity index (χ0v) is 10.7. The minimum absolute atomic E-state index is 0.00431. The summed E-state index contributed by atoms with van der Waals surface area (Å²) in [6.07, 6.45) is 0.806. The van der Waals surface area contributed by atoms with E-state index in [2.05, 4.69) is 6.92 Å². The molecule has 0 amide bonds. The number of methoxy groups -OCH3 is 1. The standard InChI is InChI=1S/C12H24O4/c1-5-6-15-12-10(7-13)8(2)16-9(3)11(12)14-4/h8-13H,5-7H2,1-4H3/t8-,9-,10-,11-,12-/m0/s1. The summed E-state index contributed by atoms with van der Waals surface area (Å²) in [4.78, 5) is 0. The Morgan fingerprint density at radius 2 is 1.88 bits per heavy atom. The molecule has 1 saturated heterocycles. The third-order valence-corrected chi connectivity index (χ3v) is 3.24. The molecule has 0 saturated carbocycles. The van der Waals surface area contributed by atoms with Gasteiger partial charge in [-0.3, -0.25) is 0 Å². The van der Waals surface area contributed by atoms with Crippen molar-refractivity contribution in [3.8, 4) is 0 Å². The van der Waals surface area contributed by atoms with Crippen molar-refractivity contribution in [2.24, 2.45) is 5.92 Å². The Bertz CT molecular complexity index is 181. The second-order valence-electron chi connectivity index (χ2n) is 4.43. The molecule has 0 unspecified atom stereocenters. The molecule has 4 nitrogen and oxygen atoms in total. The maximum Gasteiger partial charge on any atom is 0.110 e. The van der Waals surface area contributed by atoms with Crippen LogP contribution in [0, 0.1) is 5.92 Å². The maximum absolute atomic E-state index is 9.42. The summed E-state index contributed by atoms with van der Waals surface area (Å²) in [5.41, 5.74) is 0. The first-order chi connectivity index (χ1) is 7.65. The lowest BCUT2D eigenvalue weighted by Gasteiger charge is -2.43. The van der Waals surface area contributed by atoms with Gasteiger partial charge in [-0.15, -0.1) is 0 Å². The van der Waals surface area contributed by atoms with Crippen LogP contribution in [0.3, 0.4) is 0 Å². The van der Waals surface area contributed by atoms with Crippen molar-refractivity contribution in [1.82, 2.24) is 0 Å². The molecule has 0 aliphatic carbocycles. The van der Waals surface area contributed by atoms with Gasteiger partial charge in [-0.2, -0.15) is 0 Å². The highest BCUT2D eigenvalue weighted by molar-refractivity contribution is 4.90. The first-order valence-corrected chi connectivity index (χ1v) is 6.06. The smallest absolute Gasteiger partial charge is 0.110 e. The molecule has 5 atom stereocenters. The first-order valence-electron chi connectivity index (χ1n) is 6.06. The van der Waals surface area contributed by atoms with E-state index >= 15 is 0 Å². The van der Waals surface area contributed by atoms with Crippen LogP contribution in [-0.4, -0.2) is 49.8 Å². The topological polar surface area (TPSA) is 47.9 Å². The molecule has 0 bridgehead atoms. The van der Waals surface area contributed by atoms with Crippen molar-refractivity contribution in [3.05, 3.63) is 0 Å². The molecular weight excluding hydrogens is 208 g/mol. The molecule has 0 spiro atoms. The predicted molar refractivity (Wildman–Crippen MR) is 61.4 cm³/mol. The van der Waals surface area contributed by atoms with Crippen LogP contribution in [0.2, 0.25) is 0 Å². The van der Waals surface area contributed by atoms with Crippen LogP contribution in [0.25, 0.3) is 0 Å². The number of hydrogen-bond donors (Lipinski definition) is 1. The fourth-order valence-corrected chi connectivity index (χ4v) is 2.35. The number of rotatable bonds is 5. The molecule has 1 heterocycles. The third-order valence-electron chi connectivity index (χ3n) is 3.24. The highest BCUT2D eigenvalue weighted by atomic mass is 16.6. The third kappa shape index (κ3) is 2.94. The van der Waals surface area contributed by atoms with E-state index in [0.29, 0.717) is 6.61 Å². The van der Waals surface area contributed by atoms with Gasteiger partial charge in [0.1, 0.15) is 6.10 Å². The molecule has 1 rings (SSSR count). The summed E-state index contributed by atoms with van der Waals surface area (Å²) in [6, 6.07) is 0. The fraction of sp³-hybridized carbons (Fsp3) is 1.00. The Morgan fingerprint density at radius 1 is 1.19 bits per heavy atom. The van der Waals surface area contributed by atoms with Gasteiger partial charge in [0.25, 0.3) is 0 Å². The average molecular weight is 232 g/mol. The first kappa shape index (κ1) is 13.9. The molecule has 96 valence electrons. The zero-order chi connectivity index (χ0) is 12.1. The number of hydrogen-bond acceptors (Lipinski definition) is 4. The minimum atomic E-state index is -0.0973. The van der Waals surface area contributed by atoms with Gasteiger partial charge in [0, 0.05) is 19.6 Å². The normalized spacial score (nSPS) is 39.9. The van der Waals surface area contributed by atoms with E-state index in [9.17, 15) is 5.11 Å². The monoisotopic (exact) mass is 232 g/mol. The van der Waals surface area contributed by atoms with Gasteiger partial charge >= 0.3 is 0 Å². The molecule has 0 aromatic heterocycles. The Kier molecular flexibility index (Phi) is 5.69. The quantitative estimate of drug-likeness (QED) is 0.774. The van der Waals surface area contributed by atoms with Crippen LogP contribution in [-0.2, 0) is 14.2 Å². The Labute approximate surface area is 97.9 Å². The van der Waals surface area contributed by atoms with Gasteiger partial charge in [-0.25, -0.2) is 0 Å². The van der Waals surface area contributed by atoms with E-state index in [4.69, 9.17) is 14.2 Å². The van der Waals surface area contributed by atoms with Gasteiger partial charge in [0.2, 0.25) is 0 Å². The average Bonchev–Trinajstić information content (AvgIpc) is 2.26. The van der Waals surface area contributed by atoms with E-state index in [1.165, 1.54) is 0 Å². The summed E-state index contributed by atoms with van der Waals surface area (Å²) in [7, 11) is 1.66. The Hall–Kier alpha value is -0.160. The van der Waals surface area contributed by atoms with E-state index in [0.717, 1.165) is 6.42 Å². The van der Waals surface area contributed by atoms with Gasteiger partial charge in [0.05, 0.1) is 24.9 Å². The van der Waals surface area contributed by atoms with Crippen molar-refractivity contribution in [2.45, 2.75) is 51.6 Å². The Morgan fingerprint density at radius 3 is 2.38 bits per heavy atom. The molecule has 0 aromatic carbocycles. The largest absolute Gasteiger partial charge is 0.396 e.